The van der Waals surface area contributed by atoms with Crippen molar-refractivity contribution in [3.05, 3.63) is 227 Å². The summed E-state index contributed by atoms with van der Waals surface area (Å²) in [6.45, 7) is 9.50. The number of aryl methyl sites for hydroxylation is 1. The minimum atomic E-state index is -0.101. The Kier molecular flexibility index (Phi) is 7.75. The molecule has 0 radical (unpaired) electrons. The first-order valence-electron chi connectivity index (χ1n) is 24.5. The Bertz CT molecular complexity index is 4230. The van der Waals surface area contributed by atoms with E-state index in [9.17, 15) is 0 Å². The smallest absolute Gasteiger partial charge is 0.135 e. The lowest BCUT2D eigenvalue weighted by molar-refractivity contribution is 0.548. The third kappa shape index (κ3) is 5.22. The molecule has 15 rings (SSSR count). The van der Waals surface area contributed by atoms with E-state index in [1.807, 2.05) is 0 Å². The molecule has 3 heterocycles. The SMILES string of the molecule is CC1(C)c2ccccc2-c2cc3c4cc(-c5cccc6oc7c(c56)C=C(c5cccc6c5c5cc8c(cc5n6-c5ccccc5)C(C)(C)c5ccccc5-8)CC7)ccc4n(-c4ccccc4)c3cc21. The van der Waals surface area contributed by atoms with E-state index in [-0.39, 0.29) is 10.8 Å². The molecule has 69 heavy (non-hydrogen) atoms. The molecule has 9 aromatic carbocycles. The van der Waals surface area contributed by atoms with Crippen molar-refractivity contribution in [2.24, 2.45) is 0 Å². The van der Waals surface area contributed by atoms with Gasteiger partial charge in [-0.3, -0.25) is 0 Å². The van der Waals surface area contributed by atoms with Crippen LogP contribution in [0.15, 0.2) is 192 Å². The Hall–Kier alpha value is -8.14. The maximum atomic E-state index is 6.83. The van der Waals surface area contributed by atoms with E-state index in [1.165, 1.54) is 133 Å². The topological polar surface area (TPSA) is 23.0 Å². The number of aromatic nitrogens is 2. The van der Waals surface area contributed by atoms with Gasteiger partial charge in [0, 0.05) is 61.1 Å². The number of hydrogen-bond acceptors (Lipinski definition) is 1. The van der Waals surface area contributed by atoms with Crippen molar-refractivity contribution in [1.29, 1.82) is 0 Å². The van der Waals surface area contributed by atoms with E-state index < -0.39 is 0 Å². The zero-order valence-electron chi connectivity index (χ0n) is 39.2. The van der Waals surface area contributed by atoms with Crippen LogP contribution in [0.25, 0.3) is 111 Å². The van der Waals surface area contributed by atoms with E-state index >= 15 is 0 Å². The summed E-state index contributed by atoms with van der Waals surface area (Å²) in [6.07, 6.45) is 4.20. The van der Waals surface area contributed by atoms with E-state index in [2.05, 4.69) is 231 Å². The Labute approximate surface area is 401 Å². The number of benzene rings is 9. The molecule has 0 atom stereocenters. The van der Waals surface area contributed by atoms with Gasteiger partial charge in [0.05, 0.1) is 22.1 Å². The Morgan fingerprint density at radius 3 is 1.62 bits per heavy atom. The highest BCUT2D eigenvalue weighted by atomic mass is 16.3. The molecule has 0 bridgehead atoms. The van der Waals surface area contributed by atoms with Gasteiger partial charge in [-0.25, -0.2) is 0 Å². The van der Waals surface area contributed by atoms with Gasteiger partial charge in [0.15, 0.2) is 0 Å². The second-order valence-electron chi connectivity index (χ2n) is 20.7. The number of fused-ring (bicyclic) bond motifs is 15. The lowest BCUT2D eigenvalue weighted by Gasteiger charge is -2.21. The summed E-state index contributed by atoms with van der Waals surface area (Å²) in [4.78, 5) is 0. The van der Waals surface area contributed by atoms with Crippen LogP contribution in [0.2, 0.25) is 0 Å². The van der Waals surface area contributed by atoms with Crippen LogP contribution in [0.4, 0.5) is 0 Å². The lowest BCUT2D eigenvalue weighted by atomic mass is 9.82. The van der Waals surface area contributed by atoms with Crippen molar-refractivity contribution in [3.63, 3.8) is 0 Å². The molecule has 0 aliphatic heterocycles. The highest BCUT2D eigenvalue weighted by Gasteiger charge is 2.38. The molecule has 0 fully saturated rings. The third-order valence-electron chi connectivity index (χ3n) is 16.4. The van der Waals surface area contributed by atoms with Crippen molar-refractivity contribution < 1.29 is 4.42 Å². The maximum absolute atomic E-state index is 6.83. The highest BCUT2D eigenvalue weighted by Crippen LogP contribution is 2.54. The van der Waals surface area contributed by atoms with Gasteiger partial charge >= 0.3 is 0 Å². The highest BCUT2D eigenvalue weighted by molar-refractivity contribution is 6.18. The van der Waals surface area contributed by atoms with Gasteiger partial charge < -0.3 is 13.6 Å². The van der Waals surface area contributed by atoms with E-state index in [0.717, 1.165) is 24.2 Å². The number of rotatable bonds is 4. The monoisotopic (exact) mass is 884 g/mol. The molecular weight excluding hydrogens is 837 g/mol. The van der Waals surface area contributed by atoms with Gasteiger partial charge in [-0.1, -0.05) is 143 Å². The number of nitrogens with zero attached hydrogens (tertiary/aromatic N) is 2. The average molecular weight is 885 g/mol. The minimum absolute atomic E-state index is 0.0976. The Morgan fingerprint density at radius 1 is 0.391 bits per heavy atom. The third-order valence-corrected chi connectivity index (χ3v) is 16.4. The average Bonchev–Trinajstić information content (AvgIpc) is 4.14. The molecule has 0 amide bonds. The molecule has 3 aliphatic rings. The first-order chi connectivity index (χ1) is 33.7. The van der Waals surface area contributed by atoms with Crippen LogP contribution in [0, 0.1) is 0 Å². The van der Waals surface area contributed by atoms with Crippen molar-refractivity contribution >= 4 is 66.2 Å². The molecule has 3 heteroatoms. The van der Waals surface area contributed by atoms with Gasteiger partial charge in [0.2, 0.25) is 0 Å². The molecule has 0 spiro atoms. The second kappa shape index (κ2) is 13.7. The van der Waals surface area contributed by atoms with Crippen molar-refractivity contribution in [2.45, 2.75) is 51.4 Å². The fraction of sp³-hybridized carbons (Fsp3) is 0.121. The molecule has 0 N–H and O–H groups in total. The van der Waals surface area contributed by atoms with Crippen molar-refractivity contribution in [3.8, 4) is 44.8 Å². The fourth-order valence-corrected chi connectivity index (χ4v) is 13.1. The van der Waals surface area contributed by atoms with Gasteiger partial charge in [-0.05, 0) is 152 Å². The zero-order chi connectivity index (χ0) is 45.9. The molecule has 0 saturated heterocycles. The molecule has 328 valence electrons. The number of hydrogen-bond donors (Lipinski definition) is 0. The molecule has 3 nitrogen and oxygen atoms in total. The van der Waals surface area contributed by atoms with E-state index in [4.69, 9.17) is 4.42 Å². The van der Waals surface area contributed by atoms with Crippen LogP contribution in [-0.4, -0.2) is 9.13 Å². The fourth-order valence-electron chi connectivity index (χ4n) is 13.1. The van der Waals surface area contributed by atoms with Crippen LogP contribution in [0.3, 0.4) is 0 Å². The quantitative estimate of drug-likeness (QED) is 0.173. The summed E-state index contributed by atoms with van der Waals surface area (Å²) in [6, 6.07) is 70.3. The molecule has 3 aliphatic carbocycles. The summed E-state index contributed by atoms with van der Waals surface area (Å²) in [5.41, 5.74) is 25.2. The van der Waals surface area contributed by atoms with Crippen LogP contribution in [-0.2, 0) is 17.3 Å². The predicted octanol–water partition coefficient (Wildman–Crippen LogP) is 17.4. The first-order valence-corrected chi connectivity index (χ1v) is 24.5. The minimum Gasteiger partial charge on any atom is -0.460 e. The van der Waals surface area contributed by atoms with Crippen molar-refractivity contribution in [2.75, 3.05) is 0 Å². The molecule has 3 aromatic heterocycles. The summed E-state index contributed by atoms with van der Waals surface area (Å²) in [5, 5.41) is 6.30. The molecule has 0 unspecified atom stereocenters. The lowest BCUT2D eigenvalue weighted by Crippen LogP contribution is -2.14. The number of allylic oxidation sites excluding steroid dienone is 1. The van der Waals surface area contributed by atoms with Gasteiger partial charge in [0.25, 0.3) is 0 Å². The molecule has 0 saturated carbocycles. The normalized spacial score (nSPS) is 15.2. The summed E-state index contributed by atoms with van der Waals surface area (Å²) < 4.78 is 11.8. The van der Waals surface area contributed by atoms with Crippen molar-refractivity contribution in [1.82, 2.24) is 9.13 Å². The first kappa shape index (κ1) is 38.9. The van der Waals surface area contributed by atoms with Crippen LogP contribution in [0.1, 0.15) is 73.3 Å². The van der Waals surface area contributed by atoms with Crippen LogP contribution in [0.5, 0.6) is 0 Å². The molecule has 12 aromatic rings. The number of furan rings is 1. The predicted molar refractivity (Wildman–Crippen MR) is 288 cm³/mol. The summed E-state index contributed by atoms with van der Waals surface area (Å²) >= 11 is 0. The summed E-state index contributed by atoms with van der Waals surface area (Å²) in [7, 11) is 0. The van der Waals surface area contributed by atoms with E-state index in [0.29, 0.717) is 0 Å². The standard InChI is InChI=1S/C66H48N2O/c1-65(2)53-25-13-11-21-45(53)47-35-50-49-33-39(29-31-57(49)67(59(50)37-55(47)65)41-17-7-5-8-18-41)44-24-16-28-62-64(44)52-34-40(30-32-61(52)69-62)43-23-15-27-58-63(43)51-36-48-46-22-12-14-26-54(46)66(3,4)56(48)38-60(51)68(58)42-19-9-6-10-20-42/h5-29,31,33-38H,30,32H2,1-4H3. The largest absolute Gasteiger partial charge is 0.460 e. The van der Waals surface area contributed by atoms with Crippen LogP contribution < -0.4 is 0 Å². The van der Waals surface area contributed by atoms with Gasteiger partial charge in [-0.2, -0.15) is 0 Å². The van der Waals surface area contributed by atoms with Gasteiger partial charge in [-0.15, -0.1) is 0 Å². The zero-order valence-corrected chi connectivity index (χ0v) is 39.2. The maximum Gasteiger partial charge on any atom is 0.135 e. The molecular formula is C66H48N2O. The second-order valence-corrected chi connectivity index (χ2v) is 20.7. The Balaban J connectivity index is 0.939. The van der Waals surface area contributed by atoms with Gasteiger partial charge in [0.1, 0.15) is 11.3 Å². The summed E-state index contributed by atoms with van der Waals surface area (Å²) in [5.74, 6) is 1.07. The Morgan fingerprint density at radius 2 is 0.942 bits per heavy atom. The number of para-hydroxylation sites is 2. The van der Waals surface area contributed by atoms with Crippen LogP contribution >= 0.6 is 0 Å². The van der Waals surface area contributed by atoms with E-state index in [1.54, 1.807) is 0 Å².